The minimum atomic E-state index is 0.123. The summed E-state index contributed by atoms with van der Waals surface area (Å²) >= 11 is 0. The molecule has 0 fully saturated rings. The molecule has 98 valence electrons. The molecule has 3 heteroatoms. The molecule has 2 rings (SSSR count). The van der Waals surface area contributed by atoms with Crippen LogP contribution in [0.5, 0.6) is 0 Å². The van der Waals surface area contributed by atoms with Gasteiger partial charge in [-0.05, 0) is 18.9 Å². The summed E-state index contributed by atoms with van der Waals surface area (Å²) in [5.41, 5.74) is 2.11. The molecule has 1 heterocycles. The first-order valence-electron chi connectivity index (χ1n) is 6.44. The molecule has 0 spiro atoms. The molecule has 1 aromatic carbocycles. The van der Waals surface area contributed by atoms with Gasteiger partial charge in [0.05, 0.1) is 6.61 Å². The number of fused-ring (bicyclic) bond motifs is 1. The van der Waals surface area contributed by atoms with Gasteiger partial charge in [-0.2, -0.15) is 0 Å². The van der Waals surface area contributed by atoms with E-state index in [0.29, 0.717) is 5.92 Å². The fourth-order valence-corrected chi connectivity index (χ4v) is 2.19. The first-order valence-corrected chi connectivity index (χ1v) is 6.44. The lowest BCUT2D eigenvalue weighted by atomic mass is 10.0. The zero-order valence-corrected chi connectivity index (χ0v) is 11.2. The SMILES string of the molecule is Cc1oc2ccccc2c1CNC(CO)C(C)C. The smallest absolute Gasteiger partial charge is 0.134 e. The maximum atomic E-state index is 9.32. The molecular weight excluding hydrogens is 226 g/mol. The molecule has 0 amide bonds. The third-order valence-electron chi connectivity index (χ3n) is 3.44. The Labute approximate surface area is 108 Å². The number of aliphatic hydroxyl groups excluding tert-OH is 1. The summed E-state index contributed by atoms with van der Waals surface area (Å²) < 4.78 is 5.72. The molecule has 0 saturated heterocycles. The van der Waals surface area contributed by atoms with Gasteiger partial charge < -0.3 is 14.8 Å². The van der Waals surface area contributed by atoms with E-state index in [1.807, 2.05) is 25.1 Å². The summed E-state index contributed by atoms with van der Waals surface area (Å²) in [6.45, 7) is 7.08. The molecule has 0 saturated carbocycles. The Kier molecular flexibility index (Phi) is 4.04. The summed E-state index contributed by atoms with van der Waals surface area (Å²) in [5.74, 6) is 1.36. The number of aryl methyl sites for hydroxylation is 1. The van der Waals surface area contributed by atoms with Crippen molar-refractivity contribution in [3.63, 3.8) is 0 Å². The van der Waals surface area contributed by atoms with E-state index in [1.165, 1.54) is 5.56 Å². The van der Waals surface area contributed by atoms with E-state index in [-0.39, 0.29) is 12.6 Å². The van der Waals surface area contributed by atoms with E-state index in [4.69, 9.17) is 4.42 Å². The number of para-hydroxylation sites is 1. The summed E-state index contributed by atoms with van der Waals surface area (Å²) in [7, 11) is 0. The Bertz CT molecular complexity index is 516. The summed E-state index contributed by atoms with van der Waals surface area (Å²) in [6, 6.07) is 8.18. The third-order valence-corrected chi connectivity index (χ3v) is 3.44. The Hall–Kier alpha value is -1.32. The van der Waals surface area contributed by atoms with Gasteiger partial charge in [0.2, 0.25) is 0 Å². The van der Waals surface area contributed by atoms with Crippen molar-refractivity contribution < 1.29 is 9.52 Å². The Morgan fingerprint density at radius 2 is 2.00 bits per heavy atom. The van der Waals surface area contributed by atoms with Crippen molar-refractivity contribution in [2.45, 2.75) is 33.4 Å². The maximum Gasteiger partial charge on any atom is 0.134 e. The third kappa shape index (κ3) is 2.57. The molecule has 2 N–H and O–H groups in total. The second-order valence-electron chi connectivity index (χ2n) is 5.05. The summed E-state index contributed by atoms with van der Waals surface area (Å²) in [4.78, 5) is 0. The Morgan fingerprint density at radius 3 is 2.67 bits per heavy atom. The first-order chi connectivity index (χ1) is 8.63. The van der Waals surface area contributed by atoms with Crippen molar-refractivity contribution in [2.75, 3.05) is 6.61 Å². The first kappa shape index (κ1) is 13.1. The minimum Gasteiger partial charge on any atom is -0.461 e. The van der Waals surface area contributed by atoms with Gasteiger partial charge in [0.1, 0.15) is 11.3 Å². The number of aliphatic hydroxyl groups is 1. The quantitative estimate of drug-likeness (QED) is 0.854. The van der Waals surface area contributed by atoms with Gasteiger partial charge in [0.15, 0.2) is 0 Å². The van der Waals surface area contributed by atoms with Gasteiger partial charge in [-0.25, -0.2) is 0 Å². The van der Waals surface area contributed by atoms with Crippen LogP contribution in [0.3, 0.4) is 0 Å². The van der Waals surface area contributed by atoms with Crippen LogP contribution < -0.4 is 5.32 Å². The molecule has 18 heavy (non-hydrogen) atoms. The normalized spacial score (nSPS) is 13.4. The number of hydrogen-bond acceptors (Lipinski definition) is 3. The molecule has 3 nitrogen and oxygen atoms in total. The highest BCUT2D eigenvalue weighted by molar-refractivity contribution is 5.82. The molecule has 0 aliphatic heterocycles. The Balaban J connectivity index is 2.19. The zero-order chi connectivity index (χ0) is 13.1. The standard InChI is InChI=1S/C15H21NO2/c1-10(2)14(9-17)16-8-13-11(3)18-15-7-5-4-6-12(13)15/h4-7,10,14,16-17H,8-9H2,1-3H3. The lowest BCUT2D eigenvalue weighted by Crippen LogP contribution is -2.36. The van der Waals surface area contributed by atoms with Crippen LogP contribution in [0.25, 0.3) is 11.0 Å². The Morgan fingerprint density at radius 1 is 1.28 bits per heavy atom. The highest BCUT2D eigenvalue weighted by Gasteiger charge is 2.14. The fraction of sp³-hybridized carbons (Fsp3) is 0.467. The maximum absolute atomic E-state index is 9.32. The van der Waals surface area contributed by atoms with E-state index < -0.39 is 0 Å². The van der Waals surface area contributed by atoms with Crippen molar-refractivity contribution in [1.29, 1.82) is 0 Å². The number of furan rings is 1. The molecule has 0 aliphatic carbocycles. The number of benzene rings is 1. The summed E-state index contributed by atoms with van der Waals surface area (Å²) in [6.07, 6.45) is 0. The molecule has 1 aromatic heterocycles. The van der Waals surface area contributed by atoms with Gasteiger partial charge in [0, 0.05) is 23.5 Å². The van der Waals surface area contributed by atoms with Crippen LogP contribution in [-0.2, 0) is 6.54 Å². The van der Waals surface area contributed by atoms with E-state index in [0.717, 1.165) is 23.3 Å². The number of nitrogens with one attached hydrogen (secondary N) is 1. The van der Waals surface area contributed by atoms with Crippen molar-refractivity contribution in [2.24, 2.45) is 5.92 Å². The van der Waals surface area contributed by atoms with Crippen molar-refractivity contribution >= 4 is 11.0 Å². The van der Waals surface area contributed by atoms with Crippen molar-refractivity contribution in [1.82, 2.24) is 5.32 Å². The highest BCUT2D eigenvalue weighted by Crippen LogP contribution is 2.25. The van der Waals surface area contributed by atoms with Gasteiger partial charge in [-0.1, -0.05) is 32.0 Å². The molecule has 1 atom stereocenters. The lowest BCUT2D eigenvalue weighted by molar-refractivity contribution is 0.210. The number of rotatable bonds is 5. The largest absolute Gasteiger partial charge is 0.461 e. The average Bonchev–Trinajstić information content (AvgIpc) is 2.66. The lowest BCUT2D eigenvalue weighted by Gasteiger charge is -2.19. The summed E-state index contributed by atoms with van der Waals surface area (Å²) in [5, 5.41) is 13.9. The average molecular weight is 247 g/mol. The van der Waals surface area contributed by atoms with E-state index in [1.54, 1.807) is 0 Å². The second kappa shape index (κ2) is 5.55. The monoisotopic (exact) mass is 247 g/mol. The molecule has 0 bridgehead atoms. The zero-order valence-electron chi connectivity index (χ0n) is 11.2. The molecule has 0 aliphatic rings. The van der Waals surface area contributed by atoms with E-state index in [9.17, 15) is 5.11 Å². The molecule has 2 aromatic rings. The van der Waals surface area contributed by atoms with Crippen LogP contribution in [0.1, 0.15) is 25.2 Å². The van der Waals surface area contributed by atoms with Crippen molar-refractivity contribution in [3.8, 4) is 0 Å². The fourth-order valence-electron chi connectivity index (χ4n) is 2.19. The van der Waals surface area contributed by atoms with Crippen molar-refractivity contribution in [3.05, 3.63) is 35.6 Å². The molecular formula is C15H21NO2. The van der Waals surface area contributed by atoms with Gasteiger partial charge >= 0.3 is 0 Å². The molecule has 0 radical (unpaired) electrons. The van der Waals surface area contributed by atoms with E-state index in [2.05, 4.69) is 25.2 Å². The minimum absolute atomic E-state index is 0.123. The van der Waals surface area contributed by atoms with E-state index >= 15 is 0 Å². The second-order valence-corrected chi connectivity index (χ2v) is 5.05. The van der Waals surface area contributed by atoms with Gasteiger partial charge in [0.25, 0.3) is 0 Å². The number of hydrogen-bond donors (Lipinski definition) is 2. The van der Waals surface area contributed by atoms with Crippen LogP contribution in [0.4, 0.5) is 0 Å². The van der Waals surface area contributed by atoms with Crippen LogP contribution in [0, 0.1) is 12.8 Å². The van der Waals surface area contributed by atoms with Crippen LogP contribution in [-0.4, -0.2) is 17.8 Å². The van der Waals surface area contributed by atoms with Crippen LogP contribution >= 0.6 is 0 Å². The molecule has 1 unspecified atom stereocenters. The van der Waals surface area contributed by atoms with Crippen LogP contribution in [0.2, 0.25) is 0 Å². The van der Waals surface area contributed by atoms with Gasteiger partial charge in [-0.15, -0.1) is 0 Å². The predicted molar refractivity (Wildman–Crippen MR) is 73.5 cm³/mol. The topological polar surface area (TPSA) is 45.4 Å². The predicted octanol–water partition coefficient (Wildman–Crippen LogP) is 2.85. The van der Waals surface area contributed by atoms with Gasteiger partial charge in [-0.3, -0.25) is 0 Å². The highest BCUT2D eigenvalue weighted by atomic mass is 16.3. The van der Waals surface area contributed by atoms with Crippen LogP contribution in [0.15, 0.2) is 28.7 Å².